The van der Waals surface area contributed by atoms with Crippen molar-refractivity contribution in [1.82, 2.24) is 15.3 Å². The lowest BCUT2D eigenvalue weighted by molar-refractivity contribution is 0.251. The molecule has 2 heterocycles. The predicted octanol–water partition coefficient (Wildman–Crippen LogP) is 1.81. The van der Waals surface area contributed by atoms with Gasteiger partial charge in [0.1, 0.15) is 0 Å². The van der Waals surface area contributed by atoms with Crippen molar-refractivity contribution in [3.63, 3.8) is 0 Å². The summed E-state index contributed by atoms with van der Waals surface area (Å²) < 4.78 is 4.96. The second kappa shape index (κ2) is 6.34. The van der Waals surface area contributed by atoms with Crippen LogP contribution in [0.2, 0.25) is 0 Å². The van der Waals surface area contributed by atoms with Gasteiger partial charge in [0.2, 0.25) is 5.88 Å². The van der Waals surface area contributed by atoms with Crippen molar-refractivity contribution in [1.29, 1.82) is 0 Å². The Kier molecular flexibility index (Phi) is 4.28. The van der Waals surface area contributed by atoms with E-state index in [0.717, 1.165) is 5.56 Å². The van der Waals surface area contributed by atoms with Crippen LogP contribution in [-0.2, 0) is 6.54 Å². The van der Waals surface area contributed by atoms with Crippen LogP contribution in [0.25, 0.3) is 0 Å². The first-order valence-corrected chi connectivity index (χ1v) is 5.72. The lowest BCUT2D eigenvalue weighted by Gasteiger charge is -2.07. The summed E-state index contributed by atoms with van der Waals surface area (Å²) in [6.07, 6.45) is 4.88. The largest absolute Gasteiger partial charge is 0.481 e. The lowest BCUT2D eigenvalue weighted by atomic mass is 10.3. The fourth-order valence-corrected chi connectivity index (χ4v) is 1.43. The monoisotopic (exact) mass is 258 g/mol. The first kappa shape index (κ1) is 12.8. The molecule has 2 amide bonds. The Labute approximate surface area is 110 Å². The maximum Gasteiger partial charge on any atom is 0.319 e. The minimum atomic E-state index is -0.288. The summed E-state index contributed by atoms with van der Waals surface area (Å²) in [5.41, 5.74) is 1.54. The van der Waals surface area contributed by atoms with Crippen molar-refractivity contribution in [2.24, 2.45) is 0 Å². The van der Waals surface area contributed by atoms with E-state index in [9.17, 15) is 4.79 Å². The van der Waals surface area contributed by atoms with Crippen LogP contribution < -0.4 is 15.4 Å². The summed E-state index contributed by atoms with van der Waals surface area (Å²) in [4.78, 5) is 19.6. The van der Waals surface area contributed by atoms with Crippen LogP contribution in [0.5, 0.6) is 5.88 Å². The average molecular weight is 258 g/mol. The van der Waals surface area contributed by atoms with E-state index in [4.69, 9.17) is 4.74 Å². The zero-order valence-electron chi connectivity index (χ0n) is 10.5. The maximum atomic E-state index is 11.6. The van der Waals surface area contributed by atoms with Crippen molar-refractivity contribution in [2.75, 3.05) is 12.4 Å². The number of anilines is 1. The Morgan fingerprint density at radius 3 is 2.84 bits per heavy atom. The number of nitrogens with one attached hydrogen (secondary N) is 2. The summed E-state index contributed by atoms with van der Waals surface area (Å²) in [6, 6.07) is 6.82. The van der Waals surface area contributed by atoms with Crippen LogP contribution in [0, 0.1) is 0 Å². The van der Waals surface area contributed by atoms with Gasteiger partial charge in [-0.2, -0.15) is 0 Å². The van der Waals surface area contributed by atoms with E-state index in [1.54, 1.807) is 43.9 Å². The Hall–Kier alpha value is -2.63. The fourth-order valence-electron chi connectivity index (χ4n) is 1.43. The van der Waals surface area contributed by atoms with Crippen LogP contribution in [0.3, 0.4) is 0 Å². The van der Waals surface area contributed by atoms with Crippen molar-refractivity contribution >= 4 is 11.7 Å². The van der Waals surface area contributed by atoms with Crippen LogP contribution >= 0.6 is 0 Å². The van der Waals surface area contributed by atoms with Crippen molar-refractivity contribution in [3.8, 4) is 5.88 Å². The number of hydrogen-bond acceptors (Lipinski definition) is 4. The van der Waals surface area contributed by atoms with Crippen molar-refractivity contribution in [2.45, 2.75) is 6.54 Å². The Morgan fingerprint density at radius 2 is 2.21 bits per heavy atom. The normalized spacial score (nSPS) is 9.74. The van der Waals surface area contributed by atoms with E-state index in [2.05, 4.69) is 20.6 Å². The number of nitrogens with zero attached hydrogens (tertiary/aromatic N) is 2. The smallest absolute Gasteiger partial charge is 0.319 e. The van der Waals surface area contributed by atoms with Crippen LogP contribution in [0.4, 0.5) is 10.5 Å². The van der Waals surface area contributed by atoms with Gasteiger partial charge in [0, 0.05) is 25.0 Å². The number of hydrogen-bond donors (Lipinski definition) is 2. The van der Waals surface area contributed by atoms with E-state index in [-0.39, 0.29) is 6.03 Å². The number of methoxy groups -OCH3 is 1. The molecular formula is C13H14N4O2. The quantitative estimate of drug-likeness (QED) is 0.876. The molecule has 0 aliphatic carbocycles. The molecule has 0 aromatic carbocycles. The highest BCUT2D eigenvalue weighted by atomic mass is 16.5. The summed E-state index contributed by atoms with van der Waals surface area (Å²) in [5.74, 6) is 0.545. The molecule has 2 rings (SSSR count). The maximum absolute atomic E-state index is 11.6. The number of pyridine rings is 2. The molecule has 0 radical (unpaired) electrons. The molecule has 0 aliphatic rings. The molecule has 0 unspecified atom stereocenters. The highest BCUT2D eigenvalue weighted by molar-refractivity contribution is 5.88. The standard InChI is InChI=1S/C13H14N4O2/c1-19-12-5-4-10(7-15-12)8-16-13(18)17-11-3-2-6-14-9-11/h2-7,9H,8H2,1H3,(H2,16,17,18). The van der Waals surface area contributed by atoms with Gasteiger partial charge in [0.05, 0.1) is 19.0 Å². The number of carbonyl (C=O) groups excluding carboxylic acids is 1. The third-order valence-corrected chi connectivity index (χ3v) is 2.38. The van der Waals surface area contributed by atoms with Gasteiger partial charge in [-0.1, -0.05) is 6.07 Å². The van der Waals surface area contributed by atoms with Crippen LogP contribution in [-0.4, -0.2) is 23.1 Å². The number of aromatic nitrogens is 2. The molecule has 6 nitrogen and oxygen atoms in total. The molecule has 0 aliphatic heterocycles. The van der Waals surface area contributed by atoms with E-state index < -0.39 is 0 Å². The van der Waals surface area contributed by atoms with Gasteiger partial charge in [-0.3, -0.25) is 4.98 Å². The Balaban J connectivity index is 1.83. The van der Waals surface area contributed by atoms with Gasteiger partial charge >= 0.3 is 6.03 Å². The number of amides is 2. The van der Waals surface area contributed by atoms with Crippen LogP contribution in [0.1, 0.15) is 5.56 Å². The molecule has 6 heteroatoms. The molecule has 0 saturated carbocycles. The number of rotatable bonds is 4. The molecule has 0 saturated heterocycles. The zero-order valence-corrected chi connectivity index (χ0v) is 10.5. The Morgan fingerprint density at radius 1 is 1.32 bits per heavy atom. The first-order valence-electron chi connectivity index (χ1n) is 5.72. The first-order chi connectivity index (χ1) is 9.28. The molecule has 2 aromatic rings. The minimum Gasteiger partial charge on any atom is -0.481 e. The molecule has 0 spiro atoms. The van der Waals surface area contributed by atoms with E-state index >= 15 is 0 Å². The van der Waals surface area contributed by atoms with Crippen LogP contribution in [0.15, 0.2) is 42.9 Å². The Bertz CT molecular complexity index is 528. The van der Waals surface area contributed by atoms with Gasteiger partial charge in [0.25, 0.3) is 0 Å². The minimum absolute atomic E-state index is 0.288. The highest BCUT2D eigenvalue weighted by Gasteiger charge is 2.02. The molecule has 2 N–H and O–H groups in total. The van der Waals surface area contributed by atoms with Gasteiger partial charge < -0.3 is 15.4 Å². The SMILES string of the molecule is COc1ccc(CNC(=O)Nc2cccnc2)cn1. The summed E-state index contributed by atoms with van der Waals surface area (Å²) >= 11 is 0. The summed E-state index contributed by atoms with van der Waals surface area (Å²) in [7, 11) is 1.56. The number of carbonyl (C=O) groups is 1. The zero-order chi connectivity index (χ0) is 13.5. The molecule has 98 valence electrons. The molecule has 19 heavy (non-hydrogen) atoms. The number of ether oxygens (including phenoxy) is 1. The summed E-state index contributed by atoms with van der Waals surface area (Å²) in [5, 5.41) is 5.40. The predicted molar refractivity (Wildman–Crippen MR) is 70.9 cm³/mol. The lowest BCUT2D eigenvalue weighted by Crippen LogP contribution is -2.28. The summed E-state index contributed by atoms with van der Waals surface area (Å²) in [6.45, 7) is 0.392. The molecule has 0 fully saturated rings. The topological polar surface area (TPSA) is 76.1 Å². The van der Waals surface area contributed by atoms with Gasteiger partial charge in [-0.15, -0.1) is 0 Å². The molecule has 0 bridgehead atoms. The number of urea groups is 1. The fraction of sp³-hybridized carbons (Fsp3) is 0.154. The average Bonchev–Trinajstić information content (AvgIpc) is 2.47. The van der Waals surface area contributed by atoms with E-state index in [1.807, 2.05) is 6.07 Å². The molecule has 0 atom stereocenters. The van der Waals surface area contributed by atoms with Crippen molar-refractivity contribution in [3.05, 3.63) is 48.4 Å². The second-order valence-electron chi connectivity index (χ2n) is 3.76. The van der Waals surface area contributed by atoms with Gasteiger partial charge in [0.15, 0.2) is 0 Å². The third kappa shape index (κ3) is 3.95. The third-order valence-electron chi connectivity index (χ3n) is 2.38. The van der Waals surface area contributed by atoms with Crippen molar-refractivity contribution < 1.29 is 9.53 Å². The highest BCUT2D eigenvalue weighted by Crippen LogP contribution is 2.06. The second-order valence-corrected chi connectivity index (χ2v) is 3.76. The van der Waals surface area contributed by atoms with Gasteiger partial charge in [-0.05, 0) is 17.7 Å². The van der Waals surface area contributed by atoms with E-state index in [1.165, 1.54) is 0 Å². The molecule has 2 aromatic heterocycles. The molecular weight excluding hydrogens is 244 g/mol. The van der Waals surface area contributed by atoms with E-state index in [0.29, 0.717) is 18.1 Å². The van der Waals surface area contributed by atoms with Gasteiger partial charge in [-0.25, -0.2) is 9.78 Å².